The Morgan fingerprint density at radius 2 is 2.00 bits per heavy atom. The molecule has 0 amide bonds. The van der Waals surface area contributed by atoms with Gasteiger partial charge in [0.1, 0.15) is 12.1 Å². The van der Waals surface area contributed by atoms with Gasteiger partial charge in [-0.2, -0.15) is 10.5 Å². The number of aromatic nitrogens is 1. The number of nitrogens with zero attached hydrogens (tertiary/aromatic N) is 3. The number of rotatable bonds is 0. The summed E-state index contributed by atoms with van der Waals surface area (Å²) in [7, 11) is 0. The lowest BCUT2D eigenvalue weighted by molar-refractivity contribution is 1.26. The number of pyridine rings is 1. The van der Waals surface area contributed by atoms with Crippen molar-refractivity contribution in [2.75, 3.05) is 0 Å². The van der Waals surface area contributed by atoms with Crippen molar-refractivity contribution in [3.05, 3.63) is 27.1 Å². The summed E-state index contributed by atoms with van der Waals surface area (Å²) in [5.74, 6) is 0. The van der Waals surface area contributed by atoms with Gasteiger partial charge in [0.25, 0.3) is 0 Å². The highest BCUT2D eigenvalue weighted by Gasteiger charge is 2.04. The maximum atomic E-state index is 8.60. The van der Waals surface area contributed by atoms with Gasteiger partial charge in [0.2, 0.25) is 0 Å². The van der Waals surface area contributed by atoms with Crippen LogP contribution in [0.5, 0.6) is 0 Å². The summed E-state index contributed by atoms with van der Waals surface area (Å²) >= 11 is 1.97. The topological polar surface area (TPSA) is 60.5 Å². The number of halogens is 1. The molecule has 0 aliphatic carbocycles. The molecule has 1 aromatic heterocycles. The molecule has 0 radical (unpaired) electrons. The first-order valence-electron chi connectivity index (χ1n) is 2.73. The summed E-state index contributed by atoms with van der Waals surface area (Å²) in [6.07, 6.45) is 2.95. The van der Waals surface area contributed by atoms with Crippen molar-refractivity contribution in [2.45, 2.75) is 0 Å². The maximum absolute atomic E-state index is 8.60. The summed E-state index contributed by atoms with van der Waals surface area (Å²) in [4.78, 5) is 3.78. The van der Waals surface area contributed by atoms with E-state index in [1.807, 2.05) is 34.7 Å². The van der Waals surface area contributed by atoms with E-state index in [1.54, 1.807) is 6.20 Å². The van der Waals surface area contributed by atoms with Gasteiger partial charge in [-0.1, -0.05) is 0 Å². The summed E-state index contributed by atoms with van der Waals surface area (Å²) < 4.78 is 0.712. The van der Waals surface area contributed by atoms with E-state index in [0.717, 1.165) is 0 Å². The maximum Gasteiger partial charge on any atom is 0.102 e. The summed E-state index contributed by atoms with van der Waals surface area (Å²) in [5, 5.41) is 17.1. The molecular weight excluding hydrogens is 253 g/mol. The number of hydrogen-bond acceptors (Lipinski definition) is 3. The van der Waals surface area contributed by atoms with Crippen LogP contribution in [0.15, 0.2) is 12.4 Å². The molecule has 0 atom stereocenters. The Labute approximate surface area is 77.4 Å². The van der Waals surface area contributed by atoms with E-state index in [2.05, 4.69) is 4.98 Å². The zero-order valence-corrected chi connectivity index (χ0v) is 7.53. The molecule has 1 aromatic rings. The molecule has 0 bridgehead atoms. The van der Waals surface area contributed by atoms with Gasteiger partial charge >= 0.3 is 0 Å². The number of nitriles is 2. The molecule has 0 saturated carbocycles. The monoisotopic (exact) mass is 255 g/mol. The zero-order chi connectivity index (χ0) is 8.27. The van der Waals surface area contributed by atoms with Crippen molar-refractivity contribution in [1.82, 2.24) is 4.98 Å². The van der Waals surface area contributed by atoms with Crippen LogP contribution in [0.1, 0.15) is 11.1 Å². The van der Waals surface area contributed by atoms with E-state index >= 15 is 0 Å². The van der Waals surface area contributed by atoms with Crippen molar-refractivity contribution in [2.24, 2.45) is 0 Å². The van der Waals surface area contributed by atoms with Gasteiger partial charge in [0.05, 0.1) is 14.7 Å². The Balaban J connectivity index is 3.42. The third-order valence-corrected chi connectivity index (χ3v) is 1.95. The molecule has 1 heterocycles. The van der Waals surface area contributed by atoms with Crippen LogP contribution in [0.4, 0.5) is 0 Å². The molecule has 0 spiro atoms. The molecule has 0 N–H and O–H groups in total. The summed E-state index contributed by atoms with van der Waals surface area (Å²) in [6.45, 7) is 0. The summed E-state index contributed by atoms with van der Waals surface area (Å²) in [5.41, 5.74) is 0.738. The van der Waals surface area contributed by atoms with Crippen LogP contribution in [-0.4, -0.2) is 4.98 Å². The van der Waals surface area contributed by atoms with Crippen LogP contribution in [0.2, 0.25) is 0 Å². The largest absolute Gasteiger partial charge is 0.262 e. The van der Waals surface area contributed by atoms with Crippen molar-refractivity contribution in [3.8, 4) is 12.1 Å². The summed E-state index contributed by atoms with van der Waals surface area (Å²) in [6, 6.07) is 3.84. The van der Waals surface area contributed by atoms with Crippen molar-refractivity contribution < 1.29 is 0 Å². The third kappa shape index (κ3) is 1.47. The predicted octanol–water partition coefficient (Wildman–Crippen LogP) is 1.43. The van der Waals surface area contributed by atoms with Crippen LogP contribution in [0.25, 0.3) is 0 Å². The molecule has 52 valence electrons. The number of hydrogen-bond donors (Lipinski definition) is 0. The van der Waals surface area contributed by atoms with Crippen molar-refractivity contribution >= 4 is 22.6 Å². The second-order valence-corrected chi connectivity index (χ2v) is 2.93. The lowest BCUT2D eigenvalue weighted by Crippen LogP contribution is -1.89. The molecule has 0 saturated heterocycles. The van der Waals surface area contributed by atoms with Crippen LogP contribution in [-0.2, 0) is 0 Å². The third-order valence-electron chi connectivity index (χ3n) is 1.13. The van der Waals surface area contributed by atoms with Gasteiger partial charge in [0.15, 0.2) is 0 Å². The van der Waals surface area contributed by atoms with Gasteiger partial charge < -0.3 is 0 Å². The van der Waals surface area contributed by atoms with E-state index in [1.165, 1.54) is 6.20 Å². The first-order valence-corrected chi connectivity index (χ1v) is 3.81. The van der Waals surface area contributed by atoms with Crippen LogP contribution >= 0.6 is 22.6 Å². The Kier molecular flexibility index (Phi) is 2.40. The Bertz CT molecular complexity index is 359. The fraction of sp³-hybridized carbons (Fsp3) is 0. The molecule has 0 aliphatic heterocycles. The zero-order valence-electron chi connectivity index (χ0n) is 5.37. The standard InChI is InChI=1S/C7H2IN3/c8-7-4-11-3-5(1-9)6(7)2-10/h3-4H. The SMILES string of the molecule is N#Cc1cncc(I)c1C#N. The molecule has 0 aromatic carbocycles. The van der Waals surface area contributed by atoms with Crippen molar-refractivity contribution in [1.29, 1.82) is 10.5 Å². The Morgan fingerprint density at radius 3 is 2.45 bits per heavy atom. The van der Waals surface area contributed by atoms with Crippen LogP contribution in [0, 0.1) is 26.2 Å². The average molecular weight is 255 g/mol. The molecule has 0 fully saturated rings. The molecule has 4 heteroatoms. The quantitative estimate of drug-likeness (QED) is 0.659. The lowest BCUT2D eigenvalue weighted by Gasteiger charge is -1.93. The van der Waals surface area contributed by atoms with E-state index in [-0.39, 0.29) is 0 Å². The molecular formula is C7H2IN3. The normalized spacial score (nSPS) is 8.27. The first-order chi connectivity index (χ1) is 5.29. The van der Waals surface area contributed by atoms with Crippen molar-refractivity contribution in [3.63, 3.8) is 0 Å². The highest BCUT2D eigenvalue weighted by atomic mass is 127. The second kappa shape index (κ2) is 3.31. The second-order valence-electron chi connectivity index (χ2n) is 1.77. The van der Waals surface area contributed by atoms with Gasteiger partial charge in [-0.05, 0) is 22.6 Å². The van der Waals surface area contributed by atoms with E-state index in [4.69, 9.17) is 10.5 Å². The highest BCUT2D eigenvalue weighted by Crippen LogP contribution is 2.12. The molecule has 1 rings (SSSR count). The van der Waals surface area contributed by atoms with Crippen LogP contribution < -0.4 is 0 Å². The minimum absolute atomic E-state index is 0.333. The van der Waals surface area contributed by atoms with E-state index < -0.39 is 0 Å². The van der Waals surface area contributed by atoms with Gasteiger partial charge in [-0.3, -0.25) is 4.98 Å². The minimum Gasteiger partial charge on any atom is -0.262 e. The van der Waals surface area contributed by atoms with Gasteiger partial charge in [0, 0.05) is 12.4 Å². The van der Waals surface area contributed by atoms with Crippen LogP contribution in [0.3, 0.4) is 0 Å². The average Bonchev–Trinajstić information content (AvgIpc) is 2.04. The molecule has 11 heavy (non-hydrogen) atoms. The van der Waals surface area contributed by atoms with E-state index in [9.17, 15) is 0 Å². The van der Waals surface area contributed by atoms with Gasteiger partial charge in [-0.15, -0.1) is 0 Å². The minimum atomic E-state index is 0.333. The molecule has 0 aliphatic rings. The highest BCUT2D eigenvalue weighted by molar-refractivity contribution is 14.1. The molecule has 3 nitrogen and oxygen atoms in total. The smallest absolute Gasteiger partial charge is 0.102 e. The van der Waals surface area contributed by atoms with Gasteiger partial charge in [-0.25, -0.2) is 0 Å². The molecule has 0 unspecified atom stereocenters. The fourth-order valence-corrected chi connectivity index (χ4v) is 1.21. The first kappa shape index (κ1) is 7.96. The Hall–Kier alpha value is -1.14. The predicted molar refractivity (Wildman–Crippen MR) is 46.4 cm³/mol. The Morgan fingerprint density at radius 1 is 1.27 bits per heavy atom. The fourth-order valence-electron chi connectivity index (χ4n) is 0.633. The lowest BCUT2D eigenvalue weighted by atomic mass is 10.2. The van der Waals surface area contributed by atoms with E-state index in [0.29, 0.717) is 14.7 Å².